The minimum Gasteiger partial charge on any atom is -0.490 e. The molecule has 0 saturated heterocycles. The van der Waals surface area contributed by atoms with Gasteiger partial charge in [-0.3, -0.25) is 5.10 Å². The Morgan fingerprint density at radius 3 is 2.61 bits per heavy atom. The van der Waals surface area contributed by atoms with Crippen molar-refractivity contribution >= 4 is 51.3 Å². The molecule has 166 valence electrons. The van der Waals surface area contributed by atoms with Gasteiger partial charge >= 0.3 is 0 Å². The van der Waals surface area contributed by atoms with Gasteiger partial charge in [-0.2, -0.15) is 5.10 Å². The van der Waals surface area contributed by atoms with Gasteiger partial charge in [-0.1, -0.05) is 36.2 Å². The highest BCUT2D eigenvalue weighted by Crippen LogP contribution is 2.38. The molecule has 0 saturated carbocycles. The zero-order valence-corrected chi connectivity index (χ0v) is 21.1. The van der Waals surface area contributed by atoms with Crippen molar-refractivity contribution in [3.8, 4) is 11.5 Å². The summed E-state index contributed by atoms with van der Waals surface area (Å²) in [5.74, 6) is 2.09. The maximum Gasteiger partial charge on any atom is 0.214 e. The minimum absolute atomic E-state index is 0.222. The molecule has 3 aromatic rings. The highest BCUT2D eigenvalue weighted by molar-refractivity contribution is 9.10. The summed E-state index contributed by atoms with van der Waals surface area (Å²) in [5.41, 5.74) is 5.03. The number of aromatic amines is 1. The van der Waals surface area contributed by atoms with Gasteiger partial charge in [0.05, 0.1) is 17.6 Å². The van der Waals surface area contributed by atoms with Gasteiger partial charge in [-0.05, 0) is 71.3 Å². The van der Waals surface area contributed by atoms with Crippen molar-refractivity contribution in [2.45, 2.75) is 39.8 Å². The molecule has 0 aliphatic carbocycles. The van der Waals surface area contributed by atoms with Crippen molar-refractivity contribution in [3.05, 3.63) is 66.6 Å². The molecule has 2 N–H and O–H groups in total. The molecule has 0 spiro atoms. The number of hydrogen-bond acceptors (Lipinski definition) is 5. The van der Waals surface area contributed by atoms with E-state index in [1.807, 2.05) is 19.1 Å². The molecule has 0 atom stereocenters. The summed E-state index contributed by atoms with van der Waals surface area (Å²) < 4.78 is 15.0. The average molecular weight is 546 g/mol. The number of aromatic nitrogens is 3. The van der Waals surface area contributed by atoms with E-state index in [9.17, 15) is 0 Å². The third-order valence-corrected chi connectivity index (χ3v) is 6.02. The van der Waals surface area contributed by atoms with Crippen molar-refractivity contribution in [1.82, 2.24) is 14.9 Å². The van der Waals surface area contributed by atoms with Gasteiger partial charge in [-0.25, -0.2) is 4.68 Å². The molecule has 0 amide bonds. The first-order valence-electron chi connectivity index (χ1n) is 9.85. The number of hydrogen-bond donors (Lipinski definition) is 2. The van der Waals surface area contributed by atoms with Crippen LogP contribution < -0.4 is 14.9 Å². The number of benzene rings is 2. The Morgan fingerprint density at radius 2 is 1.94 bits per heavy atom. The molecule has 0 aliphatic heterocycles. The van der Waals surface area contributed by atoms with E-state index in [2.05, 4.69) is 38.5 Å². The number of nitrogens with one attached hydrogen (secondary N) is 2. The standard InChI is InChI=1S/C21H23BrCl2N4O2S/c1-3-6-19-26-27-21(31)28(19)25-11-13-9-15(22)20(18(10-13)29-4-2)30-12-14-16(23)7-5-8-17(14)24/h5,7-10,25H,3-4,6,11-12H2,1-2H3,(H,27,31). The smallest absolute Gasteiger partial charge is 0.214 e. The van der Waals surface area contributed by atoms with Gasteiger partial charge in [0.25, 0.3) is 0 Å². The Hall–Kier alpha value is -1.74. The first-order valence-corrected chi connectivity index (χ1v) is 11.8. The summed E-state index contributed by atoms with van der Waals surface area (Å²) in [4.78, 5) is 0. The highest BCUT2D eigenvalue weighted by Gasteiger charge is 2.15. The molecule has 6 nitrogen and oxygen atoms in total. The van der Waals surface area contributed by atoms with Crippen LogP contribution in [0.25, 0.3) is 0 Å². The first kappa shape index (κ1) is 23.9. The van der Waals surface area contributed by atoms with Crippen LogP contribution in [-0.2, 0) is 19.6 Å². The highest BCUT2D eigenvalue weighted by atomic mass is 79.9. The Balaban J connectivity index is 1.80. The molecule has 0 unspecified atom stereocenters. The summed E-state index contributed by atoms with van der Waals surface area (Å²) in [6, 6.07) is 9.28. The Kier molecular flexibility index (Phi) is 8.66. The number of aryl methyl sites for hydroxylation is 1. The van der Waals surface area contributed by atoms with Gasteiger partial charge in [-0.15, -0.1) is 0 Å². The third-order valence-electron chi connectivity index (χ3n) is 4.45. The fourth-order valence-electron chi connectivity index (χ4n) is 3.00. The zero-order chi connectivity index (χ0) is 22.4. The van der Waals surface area contributed by atoms with Crippen molar-refractivity contribution < 1.29 is 9.47 Å². The number of ether oxygens (including phenoxy) is 2. The van der Waals surface area contributed by atoms with Crippen molar-refractivity contribution in [2.24, 2.45) is 0 Å². The van der Waals surface area contributed by atoms with Crippen LogP contribution in [0.15, 0.2) is 34.8 Å². The lowest BCUT2D eigenvalue weighted by molar-refractivity contribution is 0.267. The molecule has 0 aliphatic rings. The zero-order valence-electron chi connectivity index (χ0n) is 17.2. The summed E-state index contributed by atoms with van der Waals surface area (Å²) in [6.07, 6.45) is 1.80. The number of rotatable bonds is 10. The molecule has 31 heavy (non-hydrogen) atoms. The van der Waals surface area contributed by atoms with E-state index in [0.29, 0.717) is 39.5 Å². The quantitative estimate of drug-likeness (QED) is 0.278. The van der Waals surface area contributed by atoms with E-state index in [4.69, 9.17) is 44.9 Å². The SMILES string of the molecule is CCCc1n[nH]c(=S)n1NCc1cc(Br)c(OCc2c(Cl)cccc2Cl)c(OCC)c1. The molecule has 3 rings (SSSR count). The van der Waals surface area contributed by atoms with Gasteiger partial charge in [0.15, 0.2) is 17.3 Å². The van der Waals surface area contributed by atoms with E-state index in [1.165, 1.54) is 0 Å². The van der Waals surface area contributed by atoms with Crippen LogP contribution in [0.4, 0.5) is 0 Å². The largest absolute Gasteiger partial charge is 0.490 e. The molecule has 2 aromatic carbocycles. The fourth-order valence-corrected chi connectivity index (χ4v) is 4.32. The second kappa shape index (κ2) is 11.2. The lowest BCUT2D eigenvalue weighted by Gasteiger charge is -2.17. The first-order chi connectivity index (χ1) is 14.9. The predicted octanol–water partition coefficient (Wildman–Crippen LogP) is 6.68. The lowest BCUT2D eigenvalue weighted by atomic mass is 10.2. The normalized spacial score (nSPS) is 10.9. The lowest BCUT2D eigenvalue weighted by Crippen LogP contribution is -2.17. The molecule has 0 fully saturated rings. The van der Waals surface area contributed by atoms with Crippen molar-refractivity contribution in [2.75, 3.05) is 12.0 Å². The van der Waals surface area contributed by atoms with E-state index in [1.54, 1.807) is 22.9 Å². The number of halogens is 3. The summed E-state index contributed by atoms with van der Waals surface area (Å²) in [7, 11) is 0. The van der Waals surface area contributed by atoms with Crippen LogP contribution in [0.3, 0.4) is 0 Å². The van der Waals surface area contributed by atoms with Gasteiger partial charge in [0.2, 0.25) is 4.77 Å². The summed E-state index contributed by atoms with van der Waals surface area (Å²) in [5, 5.41) is 8.22. The van der Waals surface area contributed by atoms with Crippen LogP contribution in [0.5, 0.6) is 11.5 Å². The summed E-state index contributed by atoms with van der Waals surface area (Å²) in [6.45, 7) is 5.27. The van der Waals surface area contributed by atoms with Gasteiger partial charge < -0.3 is 14.9 Å². The molecular weight excluding hydrogens is 523 g/mol. The molecule has 10 heteroatoms. The Morgan fingerprint density at radius 1 is 1.19 bits per heavy atom. The molecule has 0 bridgehead atoms. The molecule has 0 radical (unpaired) electrons. The Labute approximate surface area is 205 Å². The fraction of sp³-hybridized carbons (Fsp3) is 0.333. The van der Waals surface area contributed by atoms with Crippen molar-refractivity contribution in [3.63, 3.8) is 0 Å². The number of nitrogens with zero attached hydrogens (tertiary/aromatic N) is 2. The molecule has 1 aromatic heterocycles. The predicted molar refractivity (Wildman–Crippen MR) is 131 cm³/mol. The maximum atomic E-state index is 6.27. The third kappa shape index (κ3) is 5.94. The minimum atomic E-state index is 0.222. The second-order valence-electron chi connectivity index (χ2n) is 6.69. The van der Waals surface area contributed by atoms with Crippen LogP contribution in [0.1, 0.15) is 37.2 Å². The van der Waals surface area contributed by atoms with E-state index in [-0.39, 0.29) is 6.61 Å². The Bertz CT molecular complexity index is 1080. The van der Waals surface area contributed by atoms with Crippen LogP contribution in [0, 0.1) is 4.77 Å². The topological polar surface area (TPSA) is 64.1 Å². The van der Waals surface area contributed by atoms with Crippen LogP contribution in [-0.4, -0.2) is 21.5 Å². The van der Waals surface area contributed by atoms with Crippen molar-refractivity contribution in [1.29, 1.82) is 0 Å². The van der Waals surface area contributed by atoms with Crippen LogP contribution in [0.2, 0.25) is 10.0 Å². The maximum absolute atomic E-state index is 6.27. The average Bonchev–Trinajstić information content (AvgIpc) is 3.07. The molecular formula is C21H23BrCl2N4O2S. The van der Waals surface area contributed by atoms with E-state index in [0.717, 1.165) is 34.3 Å². The monoisotopic (exact) mass is 544 g/mol. The molecule has 1 heterocycles. The van der Waals surface area contributed by atoms with E-state index >= 15 is 0 Å². The summed E-state index contributed by atoms with van der Waals surface area (Å²) >= 11 is 21.5. The van der Waals surface area contributed by atoms with Gasteiger partial charge in [0.1, 0.15) is 6.61 Å². The van der Waals surface area contributed by atoms with E-state index < -0.39 is 0 Å². The second-order valence-corrected chi connectivity index (χ2v) is 8.75. The van der Waals surface area contributed by atoms with Gasteiger partial charge in [0, 0.05) is 22.0 Å². The number of H-pyrrole nitrogens is 1. The van der Waals surface area contributed by atoms with Crippen LogP contribution >= 0.6 is 51.3 Å².